The molecular formula is C13H17N3OS. The number of aromatic nitrogens is 1. The van der Waals surface area contributed by atoms with E-state index >= 15 is 0 Å². The number of carbonyl (C=O) groups is 1. The zero-order valence-corrected chi connectivity index (χ0v) is 11.8. The van der Waals surface area contributed by atoms with Crippen LogP contribution in [-0.2, 0) is 4.79 Å². The number of nitrogens with two attached hydrogens (primary N) is 1. The smallest absolute Gasteiger partial charge is 0.226 e. The summed E-state index contributed by atoms with van der Waals surface area (Å²) in [6.07, 6.45) is 0. The Hall–Kier alpha value is -1.62. The minimum atomic E-state index is -0.0361. The first-order chi connectivity index (χ1) is 8.40. The van der Waals surface area contributed by atoms with Gasteiger partial charge in [0.1, 0.15) is 0 Å². The van der Waals surface area contributed by atoms with E-state index in [2.05, 4.69) is 10.3 Å². The number of fused-ring (bicyclic) bond motifs is 1. The van der Waals surface area contributed by atoms with Gasteiger partial charge in [-0.3, -0.25) is 4.79 Å². The Balaban J connectivity index is 2.53. The topological polar surface area (TPSA) is 68.0 Å². The van der Waals surface area contributed by atoms with E-state index in [-0.39, 0.29) is 11.8 Å². The number of nitrogen functional groups attached to an aromatic ring is 1. The number of thiazole rings is 1. The number of hydrogen-bond donors (Lipinski definition) is 2. The molecule has 0 saturated heterocycles. The molecule has 2 rings (SSSR count). The second-order valence-corrected chi connectivity index (χ2v) is 5.77. The van der Waals surface area contributed by atoms with Crippen LogP contribution < -0.4 is 11.1 Å². The largest absolute Gasteiger partial charge is 0.375 e. The number of hydrogen-bond acceptors (Lipinski definition) is 4. The summed E-state index contributed by atoms with van der Waals surface area (Å²) in [7, 11) is 0. The predicted molar refractivity (Wildman–Crippen MR) is 77.0 cm³/mol. The molecule has 0 aliphatic rings. The molecule has 18 heavy (non-hydrogen) atoms. The average molecular weight is 263 g/mol. The number of anilines is 2. The summed E-state index contributed by atoms with van der Waals surface area (Å²) in [6, 6.07) is 1.96. The molecule has 1 amide bonds. The maximum absolute atomic E-state index is 11.8. The number of carbonyl (C=O) groups excluding carboxylic acids is 1. The minimum Gasteiger partial charge on any atom is -0.375 e. The fourth-order valence-electron chi connectivity index (χ4n) is 1.86. The Labute approximate surface area is 110 Å². The van der Waals surface area contributed by atoms with Crippen LogP contribution in [0.1, 0.15) is 25.0 Å². The lowest BCUT2D eigenvalue weighted by molar-refractivity contribution is -0.118. The molecule has 96 valence electrons. The molecular weight excluding hydrogens is 246 g/mol. The van der Waals surface area contributed by atoms with Crippen molar-refractivity contribution in [2.45, 2.75) is 27.7 Å². The second-order valence-electron chi connectivity index (χ2n) is 4.74. The predicted octanol–water partition coefficient (Wildman–Crippen LogP) is 3.09. The minimum absolute atomic E-state index is 0.0260. The first kappa shape index (κ1) is 12.8. The van der Waals surface area contributed by atoms with Crippen molar-refractivity contribution < 1.29 is 4.79 Å². The molecule has 0 aliphatic carbocycles. The van der Waals surface area contributed by atoms with E-state index < -0.39 is 0 Å². The van der Waals surface area contributed by atoms with Crippen LogP contribution in [0.4, 0.5) is 10.8 Å². The summed E-state index contributed by atoms with van der Waals surface area (Å²) in [5.74, 6) is -0.0101. The van der Waals surface area contributed by atoms with E-state index in [0.717, 1.165) is 27.0 Å². The van der Waals surface area contributed by atoms with Crippen molar-refractivity contribution in [3.8, 4) is 0 Å². The Morgan fingerprint density at radius 2 is 2.11 bits per heavy atom. The summed E-state index contributed by atoms with van der Waals surface area (Å²) in [5, 5.41) is 3.53. The van der Waals surface area contributed by atoms with Gasteiger partial charge in [-0.2, -0.15) is 0 Å². The third kappa shape index (κ3) is 2.18. The molecule has 1 heterocycles. The maximum atomic E-state index is 11.8. The number of amides is 1. The highest BCUT2D eigenvalue weighted by atomic mass is 32.1. The van der Waals surface area contributed by atoms with Crippen molar-refractivity contribution in [1.29, 1.82) is 0 Å². The molecule has 0 bridgehead atoms. The molecule has 0 atom stereocenters. The number of rotatable bonds is 2. The molecule has 1 aromatic heterocycles. The van der Waals surface area contributed by atoms with Crippen molar-refractivity contribution in [3.05, 3.63) is 17.2 Å². The SMILES string of the molecule is Cc1cc2nc(N)sc2c(C)c1NC(=O)C(C)C. The Morgan fingerprint density at radius 1 is 1.44 bits per heavy atom. The molecule has 4 nitrogen and oxygen atoms in total. The van der Waals surface area contributed by atoms with Gasteiger partial charge in [0.15, 0.2) is 5.13 Å². The number of benzene rings is 1. The van der Waals surface area contributed by atoms with Gasteiger partial charge in [0, 0.05) is 11.6 Å². The molecule has 1 aromatic carbocycles. The second kappa shape index (κ2) is 4.57. The molecule has 0 saturated carbocycles. The highest BCUT2D eigenvalue weighted by Gasteiger charge is 2.15. The molecule has 2 aromatic rings. The fourth-order valence-corrected chi connectivity index (χ4v) is 2.68. The third-order valence-electron chi connectivity index (χ3n) is 2.91. The Kier molecular flexibility index (Phi) is 3.26. The fraction of sp³-hybridized carbons (Fsp3) is 0.385. The van der Waals surface area contributed by atoms with Crippen LogP contribution in [0.25, 0.3) is 10.2 Å². The van der Waals surface area contributed by atoms with E-state index in [9.17, 15) is 4.79 Å². The van der Waals surface area contributed by atoms with Crippen LogP contribution in [0.15, 0.2) is 6.07 Å². The molecule has 0 aliphatic heterocycles. The van der Waals surface area contributed by atoms with Crippen molar-refractivity contribution in [2.24, 2.45) is 5.92 Å². The summed E-state index contributed by atoms with van der Waals surface area (Å²) in [4.78, 5) is 16.1. The first-order valence-electron chi connectivity index (χ1n) is 5.87. The Bertz CT molecular complexity index is 616. The van der Waals surface area contributed by atoms with Crippen LogP contribution in [0.3, 0.4) is 0 Å². The van der Waals surface area contributed by atoms with Crippen LogP contribution in [0, 0.1) is 19.8 Å². The van der Waals surface area contributed by atoms with Gasteiger partial charge in [-0.05, 0) is 31.0 Å². The van der Waals surface area contributed by atoms with Gasteiger partial charge in [0.25, 0.3) is 0 Å². The van der Waals surface area contributed by atoms with E-state index in [4.69, 9.17) is 5.73 Å². The monoisotopic (exact) mass is 263 g/mol. The highest BCUT2D eigenvalue weighted by molar-refractivity contribution is 7.22. The van der Waals surface area contributed by atoms with Crippen LogP contribution >= 0.6 is 11.3 Å². The van der Waals surface area contributed by atoms with Crippen molar-refractivity contribution in [1.82, 2.24) is 4.98 Å². The van der Waals surface area contributed by atoms with Crippen LogP contribution in [-0.4, -0.2) is 10.9 Å². The molecule has 0 radical (unpaired) electrons. The van der Waals surface area contributed by atoms with E-state index in [0.29, 0.717) is 5.13 Å². The normalized spacial score (nSPS) is 11.2. The summed E-state index contributed by atoms with van der Waals surface area (Å²) < 4.78 is 1.04. The zero-order chi connectivity index (χ0) is 13.4. The molecule has 0 spiro atoms. The van der Waals surface area contributed by atoms with Gasteiger partial charge in [-0.1, -0.05) is 25.2 Å². The van der Waals surface area contributed by atoms with E-state index in [1.54, 1.807) is 0 Å². The average Bonchev–Trinajstić information content (AvgIpc) is 2.64. The third-order valence-corrected chi connectivity index (χ3v) is 3.93. The lowest BCUT2D eigenvalue weighted by Gasteiger charge is -2.13. The van der Waals surface area contributed by atoms with Crippen LogP contribution in [0.2, 0.25) is 0 Å². The van der Waals surface area contributed by atoms with E-state index in [1.807, 2.05) is 33.8 Å². The van der Waals surface area contributed by atoms with Crippen molar-refractivity contribution >= 4 is 38.3 Å². The Morgan fingerprint density at radius 3 is 2.72 bits per heavy atom. The quantitative estimate of drug-likeness (QED) is 0.874. The van der Waals surface area contributed by atoms with Crippen LogP contribution in [0.5, 0.6) is 0 Å². The summed E-state index contributed by atoms with van der Waals surface area (Å²) >= 11 is 1.45. The van der Waals surface area contributed by atoms with Crippen molar-refractivity contribution in [3.63, 3.8) is 0 Å². The van der Waals surface area contributed by atoms with Gasteiger partial charge < -0.3 is 11.1 Å². The lowest BCUT2D eigenvalue weighted by Crippen LogP contribution is -2.19. The highest BCUT2D eigenvalue weighted by Crippen LogP contribution is 2.34. The number of nitrogens with zero attached hydrogens (tertiary/aromatic N) is 1. The zero-order valence-electron chi connectivity index (χ0n) is 11.0. The van der Waals surface area contributed by atoms with Gasteiger partial charge in [-0.25, -0.2) is 4.98 Å². The van der Waals surface area contributed by atoms with Gasteiger partial charge >= 0.3 is 0 Å². The summed E-state index contributed by atoms with van der Waals surface area (Å²) in [6.45, 7) is 7.72. The standard InChI is InChI=1S/C13H17N3OS/c1-6(2)12(17)16-10-7(3)5-9-11(8(10)4)18-13(14)15-9/h5-6H,1-4H3,(H2,14,15)(H,16,17). The molecule has 0 unspecified atom stereocenters. The van der Waals surface area contributed by atoms with Gasteiger partial charge in [0.2, 0.25) is 5.91 Å². The molecule has 0 fully saturated rings. The number of aryl methyl sites for hydroxylation is 2. The maximum Gasteiger partial charge on any atom is 0.226 e. The molecule has 3 N–H and O–H groups in total. The van der Waals surface area contributed by atoms with Gasteiger partial charge in [0.05, 0.1) is 10.2 Å². The first-order valence-corrected chi connectivity index (χ1v) is 6.69. The summed E-state index contributed by atoms with van der Waals surface area (Å²) in [5.41, 5.74) is 9.56. The lowest BCUT2D eigenvalue weighted by atomic mass is 10.1. The number of nitrogens with one attached hydrogen (secondary N) is 1. The van der Waals surface area contributed by atoms with Crippen molar-refractivity contribution in [2.75, 3.05) is 11.1 Å². The van der Waals surface area contributed by atoms with Gasteiger partial charge in [-0.15, -0.1) is 0 Å². The van der Waals surface area contributed by atoms with E-state index in [1.165, 1.54) is 11.3 Å². The molecule has 5 heteroatoms.